The average Bonchev–Trinajstić information content (AvgIpc) is 3.32. The number of hydrogen-bond donors (Lipinski definition) is 5. The molecule has 15 heteroatoms. The van der Waals surface area contributed by atoms with Gasteiger partial charge in [-0.05, 0) is 31.5 Å². The highest BCUT2D eigenvalue weighted by atomic mass is 32.1. The number of thiazole rings is 1. The lowest BCUT2D eigenvalue weighted by Gasteiger charge is -2.14. The van der Waals surface area contributed by atoms with Gasteiger partial charge in [-0.25, -0.2) is 33.3 Å². The number of carboxylic acid groups (broad SMARTS) is 2. The topological polar surface area (TPSA) is 179 Å². The van der Waals surface area contributed by atoms with Gasteiger partial charge in [0.2, 0.25) is 5.95 Å². The molecular weight excluding hydrogens is 536 g/mol. The number of nitrogens with one attached hydrogen (secondary N) is 3. The highest BCUT2D eigenvalue weighted by Crippen LogP contribution is 2.40. The van der Waals surface area contributed by atoms with Gasteiger partial charge in [-0.2, -0.15) is 0 Å². The normalized spacial score (nSPS) is 11.7. The van der Waals surface area contributed by atoms with E-state index in [9.17, 15) is 23.9 Å². The molecule has 202 valence electrons. The minimum Gasteiger partial charge on any atom is -0.481 e. The predicted molar refractivity (Wildman–Crippen MR) is 138 cm³/mol. The molecule has 4 aromatic rings. The first kappa shape index (κ1) is 27.3. The Morgan fingerprint density at radius 3 is 2.49 bits per heavy atom. The fraction of sp³-hybridized carbons (Fsp3) is 0.208. The number of fused-ring (bicyclic) bond motifs is 1. The molecule has 0 radical (unpaired) electrons. The summed E-state index contributed by atoms with van der Waals surface area (Å²) in [4.78, 5) is 50.6. The molecule has 0 aliphatic carbocycles. The smallest absolute Gasteiger partial charge is 0.326 e. The summed E-state index contributed by atoms with van der Waals surface area (Å²) >= 11 is 0.950. The van der Waals surface area contributed by atoms with Crippen LogP contribution in [0.25, 0.3) is 32.6 Å². The van der Waals surface area contributed by atoms with Crippen LogP contribution in [-0.2, 0) is 9.59 Å². The van der Waals surface area contributed by atoms with Gasteiger partial charge >= 0.3 is 18.0 Å². The molecule has 0 aliphatic heterocycles. The molecule has 39 heavy (non-hydrogen) atoms. The minimum absolute atomic E-state index is 0.0374. The Bertz CT molecular complexity index is 1550. The van der Waals surface area contributed by atoms with Gasteiger partial charge in [0, 0.05) is 48.2 Å². The lowest BCUT2D eigenvalue weighted by Crippen LogP contribution is -2.30. The summed E-state index contributed by atoms with van der Waals surface area (Å²) in [5.74, 6) is -3.99. The van der Waals surface area contributed by atoms with Gasteiger partial charge in [0.1, 0.15) is 23.1 Å². The second-order valence-corrected chi connectivity index (χ2v) is 9.06. The van der Waals surface area contributed by atoms with Gasteiger partial charge in [-0.15, -0.1) is 0 Å². The van der Waals surface area contributed by atoms with E-state index in [4.69, 9.17) is 5.11 Å². The zero-order valence-corrected chi connectivity index (χ0v) is 21.1. The molecule has 12 nitrogen and oxygen atoms in total. The van der Waals surface area contributed by atoms with Crippen LogP contribution < -0.4 is 16.0 Å². The molecule has 0 saturated heterocycles. The third-order valence-electron chi connectivity index (χ3n) is 5.39. The van der Waals surface area contributed by atoms with Crippen LogP contribution >= 0.6 is 11.3 Å². The Balaban J connectivity index is 1.75. The molecule has 4 rings (SSSR count). The maximum atomic E-state index is 15.7. The van der Waals surface area contributed by atoms with E-state index in [1.807, 2.05) is 0 Å². The van der Waals surface area contributed by atoms with Crippen molar-refractivity contribution in [3.63, 3.8) is 0 Å². The predicted octanol–water partition coefficient (Wildman–Crippen LogP) is 3.96. The van der Waals surface area contributed by atoms with E-state index in [-0.39, 0.29) is 56.5 Å². The number of halogens is 2. The molecule has 0 unspecified atom stereocenters. The lowest BCUT2D eigenvalue weighted by atomic mass is 10.0. The first-order chi connectivity index (χ1) is 18.7. The average molecular weight is 558 g/mol. The van der Waals surface area contributed by atoms with Crippen molar-refractivity contribution in [2.75, 3.05) is 17.2 Å². The molecule has 1 atom stereocenters. The van der Waals surface area contributed by atoms with Crippen molar-refractivity contribution >= 4 is 50.6 Å². The molecule has 1 aromatic carbocycles. The highest BCUT2D eigenvalue weighted by molar-refractivity contribution is 7.22. The fourth-order valence-corrected chi connectivity index (χ4v) is 4.57. The monoisotopic (exact) mass is 557 g/mol. The molecule has 3 heterocycles. The Kier molecular flexibility index (Phi) is 8.19. The summed E-state index contributed by atoms with van der Waals surface area (Å²) < 4.78 is 30.7. The zero-order chi connectivity index (χ0) is 28.1. The van der Waals surface area contributed by atoms with Crippen molar-refractivity contribution in [3.8, 4) is 22.4 Å². The van der Waals surface area contributed by atoms with Crippen molar-refractivity contribution in [2.45, 2.75) is 25.8 Å². The van der Waals surface area contributed by atoms with Crippen LogP contribution in [0.1, 0.15) is 19.8 Å². The zero-order valence-electron chi connectivity index (χ0n) is 20.2. The number of aliphatic carboxylic acids is 2. The molecule has 5 N–H and O–H groups in total. The standard InChI is InChI=1S/C24H21F2N7O5S/c1-2-27-23(38)33-24-32-19-17(26)12(8-13(20(19)39-24)18-14(25)4-3-7-28-18)11-9-29-22(30-10-11)31-15(21(36)37)5-6-16(34)35/h3-4,7-10,15H,2,5-6H2,1H3,(H,34,35)(H,36,37)(H,29,30,31)(H2,27,32,33,38)/t15-/m0/s1. The van der Waals surface area contributed by atoms with Gasteiger partial charge in [0.15, 0.2) is 10.9 Å². The first-order valence-electron chi connectivity index (χ1n) is 11.5. The van der Waals surface area contributed by atoms with Crippen LogP contribution in [0.4, 0.5) is 24.7 Å². The maximum absolute atomic E-state index is 15.7. The number of aromatic nitrogens is 4. The third-order valence-corrected chi connectivity index (χ3v) is 6.39. The van der Waals surface area contributed by atoms with E-state index in [1.54, 1.807) is 6.92 Å². The van der Waals surface area contributed by atoms with E-state index < -0.39 is 35.6 Å². The van der Waals surface area contributed by atoms with Gasteiger partial charge in [0.05, 0.1) is 4.70 Å². The number of benzene rings is 1. The van der Waals surface area contributed by atoms with Crippen molar-refractivity contribution in [1.82, 2.24) is 25.3 Å². The summed E-state index contributed by atoms with van der Waals surface area (Å²) in [7, 11) is 0. The molecule has 2 amide bonds. The Hall–Kier alpha value is -4.79. The van der Waals surface area contributed by atoms with E-state index in [2.05, 4.69) is 35.9 Å². The van der Waals surface area contributed by atoms with E-state index in [0.717, 1.165) is 11.3 Å². The number of nitrogens with zero attached hydrogens (tertiary/aromatic N) is 4. The molecular formula is C24H21F2N7O5S. The number of rotatable bonds is 10. The Labute approximate surface area is 223 Å². The number of pyridine rings is 1. The number of hydrogen-bond acceptors (Lipinski definition) is 9. The van der Waals surface area contributed by atoms with E-state index in [0.29, 0.717) is 6.54 Å². The molecule has 0 saturated carbocycles. The van der Waals surface area contributed by atoms with Crippen molar-refractivity contribution < 1.29 is 33.4 Å². The summed E-state index contributed by atoms with van der Waals surface area (Å²) in [6.07, 6.45) is 3.25. The summed E-state index contributed by atoms with van der Waals surface area (Å²) in [6, 6.07) is 2.19. The molecule has 0 aliphatic rings. The van der Waals surface area contributed by atoms with E-state index in [1.165, 1.54) is 36.8 Å². The van der Waals surface area contributed by atoms with Crippen molar-refractivity contribution in [1.29, 1.82) is 0 Å². The van der Waals surface area contributed by atoms with Crippen LogP contribution in [-0.4, -0.2) is 60.7 Å². The van der Waals surface area contributed by atoms with Crippen molar-refractivity contribution in [3.05, 3.63) is 48.4 Å². The second-order valence-electron chi connectivity index (χ2n) is 8.06. The van der Waals surface area contributed by atoms with Crippen LogP contribution in [0.3, 0.4) is 0 Å². The number of carboxylic acids is 2. The SMILES string of the molecule is CCNC(=O)Nc1nc2c(F)c(-c3cnc(N[C@@H](CCC(=O)O)C(=O)O)nc3)cc(-c3ncccc3F)c2s1. The van der Waals surface area contributed by atoms with Gasteiger partial charge in [0.25, 0.3) is 0 Å². The Morgan fingerprint density at radius 1 is 1.10 bits per heavy atom. The van der Waals surface area contributed by atoms with Gasteiger partial charge < -0.3 is 20.8 Å². The maximum Gasteiger partial charge on any atom is 0.326 e. The van der Waals surface area contributed by atoms with E-state index >= 15 is 4.39 Å². The summed E-state index contributed by atoms with van der Waals surface area (Å²) in [5, 5.41) is 25.8. The number of amides is 2. The third kappa shape index (κ3) is 6.20. The number of carbonyl (C=O) groups excluding carboxylic acids is 1. The first-order valence-corrected chi connectivity index (χ1v) is 12.3. The second kappa shape index (κ2) is 11.7. The van der Waals surface area contributed by atoms with Crippen LogP contribution in [0.2, 0.25) is 0 Å². The molecule has 3 aromatic heterocycles. The van der Waals surface area contributed by atoms with Crippen LogP contribution in [0, 0.1) is 11.6 Å². The lowest BCUT2D eigenvalue weighted by molar-refractivity contribution is -0.139. The summed E-state index contributed by atoms with van der Waals surface area (Å²) in [6.45, 7) is 2.09. The molecule has 0 fully saturated rings. The Morgan fingerprint density at radius 2 is 1.85 bits per heavy atom. The molecule has 0 bridgehead atoms. The quantitative estimate of drug-likeness (QED) is 0.192. The van der Waals surface area contributed by atoms with Crippen molar-refractivity contribution in [2.24, 2.45) is 0 Å². The largest absolute Gasteiger partial charge is 0.481 e. The van der Waals surface area contributed by atoms with Crippen LogP contribution in [0.5, 0.6) is 0 Å². The minimum atomic E-state index is -1.29. The van der Waals surface area contributed by atoms with Gasteiger partial charge in [-0.3, -0.25) is 15.1 Å². The van der Waals surface area contributed by atoms with Crippen LogP contribution in [0.15, 0.2) is 36.8 Å². The highest BCUT2D eigenvalue weighted by Gasteiger charge is 2.23. The summed E-state index contributed by atoms with van der Waals surface area (Å²) in [5.41, 5.74) is 0.165. The number of anilines is 2. The fourth-order valence-electron chi connectivity index (χ4n) is 3.60. The number of urea groups is 1. The molecule has 0 spiro atoms. The van der Waals surface area contributed by atoms with Gasteiger partial charge in [-0.1, -0.05) is 11.3 Å². The number of carbonyl (C=O) groups is 3.